The largest absolute Gasteiger partial charge is 0.336 e. The molecule has 3 aromatic rings. The summed E-state index contributed by atoms with van der Waals surface area (Å²) in [5.41, 5.74) is 4.10. The van der Waals surface area contributed by atoms with Crippen molar-refractivity contribution in [3.05, 3.63) is 65.6 Å². The number of hydrogen-bond donors (Lipinski definition) is 0. The predicted molar refractivity (Wildman–Crippen MR) is 127 cm³/mol. The Balaban J connectivity index is 1.82. The molecule has 0 aliphatic carbocycles. The zero-order valence-corrected chi connectivity index (χ0v) is 19.3. The molecule has 4 rings (SSSR count). The first-order valence-corrected chi connectivity index (χ1v) is 11.7. The van der Waals surface area contributed by atoms with Gasteiger partial charge in [0.25, 0.3) is 5.91 Å². The van der Waals surface area contributed by atoms with Crippen LogP contribution in [0.1, 0.15) is 36.7 Å². The minimum atomic E-state index is -0.333. The molecule has 0 N–H and O–H groups in total. The van der Waals surface area contributed by atoms with E-state index in [1.165, 1.54) is 17.7 Å². The number of halogens is 1. The number of nitrogens with zero attached hydrogens (tertiary/aromatic N) is 3. The van der Waals surface area contributed by atoms with E-state index in [0.29, 0.717) is 29.6 Å². The Labute approximate surface area is 187 Å². The lowest BCUT2D eigenvalue weighted by molar-refractivity contribution is 0.0704. The highest BCUT2D eigenvalue weighted by molar-refractivity contribution is 7.96. The lowest BCUT2D eigenvalue weighted by atomic mass is 9.85. The number of aromatic nitrogens is 1. The van der Waals surface area contributed by atoms with E-state index < -0.39 is 0 Å². The van der Waals surface area contributed by atoms with E-state index in [1.807, 2.05) is 17.0 Å². The van der Waals surface area contributed by atoms with Gasteiger partial charge in [0.2, 0.25) is 0 Å². The van der Waals surface area contributed by atoms with Gasteiger partial charge in [-0.15, -0.1) is 0 Å². The standard InChI is InChI=1S/C25H28FN3OS/c1-25(2,3)18-7-5-17(6-8-18)23-20-15-19(26)9-10-22(20)27-16-21(23)24(30)28-11-13-29(31-4)14-12-28/h5-10,15-16H,11-14H2,1-4H3. The van der Waals surface area contributed by atoms with Crippen LogP contribution >= 0.6 is 11.9 Å². The van der Waals surface area contributed by atoms with Crippen LogP contribution < -0.4 is 0 Å². The minimum absolute atomic E-state index is 0.0283. The second-order valence-corrected chi connectivity index (χ2v) is 9.82. The number of piperazine rings is 1. The Hall–Kier alpha value is -2.44. The highest BCUT2D eigenvalue weighted by atomic mass is 32.2. The molecule has 162 valence electrons. The molecule has 31 heavy (non-hydrogen) atoms. The van der Waals surface area contributed by atoms with Crippen molar-refractivity contribution in [1.82, 2.24) is 14.2 Å². The molecular formula is C25H28FN3OS. The predicted octanol–water partition coefficient (Wildman–Crippen LogP) is 5.37. The van der Waals surface area contributed by atoms with Crippen LogP contribution in [-0.4, -0.2) is 52.5 Å². The maximum absolute atomic E-state index is 14.2. The highest BCUT2D eigenvalue weighted by Crippen LogP contribution is 2.34. The van der Waals surface area contributed by atoms with E-state index in [4.69, 9.17) is 0 Å². The third kappa shape index (κ3) is 4.46. The number of pyridine rings is 1. The molecule has 2 aromatic carbocycles. The van der Waals surface area contributed by atoms with Gasteiger partial charge < -0.3 is 4.90 Å². The summed E-state index contributed by atoms with van der Waals surface area (Å²) in [4.78, 5) is 19.9. The van der Waals surface area contributed by atoms with E-state index in [2.05, 4.69) is 48.4 Å². The van der Waals surface area contributed by atoms with E-state index >= 15 is 0 Å². The topological polar surface area (TPSA) is 36.4 Å². The van der Waals surface area contributed by atoms with Crippen molar-refractivity contribution in [1.29, 1.82) is 0 Å². The first-order valence-electron chi connectivity index (χ1n) is 10.6. The van der Waals surface area contributed by atoms with Gasteiger partial charge in [-0.3, -0.25) is 9.78 Å². The average Bonchev–Trinajstić information content (AvgIpc) is 2.77. The molecule has 4 nitrogen and oxygen atoms in total. The maximum Gasteiger partial charge on any atom is 0.256 e. The number of benzene rings is 2. The van der Waals surface area contributed by atoms with Crippen LogP contribution in [0.4, 0.5) is 4.39 Å². The van der Waals surface area contributed by atoms with Gasteiger partial charge in [-0.2, -0.15) is 0 Å². The van der Waals surface area contributed by atoms with Crippen molar-refractivity contribution < 1.29 is 9.18 Å². The van der Waals surface area contributed by atoms with Crippen molar-refractivity contribution in [3.8, 4) is 11.1 Å². The average molecular weight is 438 g/mol. The lowest BCUT2D eigenvalue weighted by Gasteiger charge is -2.33. The Kier molecular flexibility index (Phi) is 6.04. The SMILES string of the molecule is CSN1CCN(C(=O)c2cnc3ccc(F)cc3c2-c2ccc(C(C)(C)C)cc2)CC1. The van der Waals surface area contributed by atoms with Gasteiger partial charge in [-0.05, 0) is 41.0 Å². The quantitative estimate of drug-likeness (QED) is 0.516. The molecule has 0 spiro atoms. The number of carbonyl (C=O) groups excluding carboxylic acids is 1. The number of rotatable bonds is 3. The number of hydrogen-bond acceptors (Lipinski definition) is 4. The molecule has 1 amide bonds. The van der Waals surface area contributed by atoms with Gasteiger partial charge in [-0.25, -0.2) is 8.70 Å². The molecular weight excluding hydrogens is 409 g/mol. The summed E-state index contributed by atoms with van der Waals surface area (Å²) in [6.07, 6.45) is 3.70. The third-order valence-corrected chi connectivity index (χ3v) is 6.77. The molecule has 0 bridgehead atoms. The molecule has 0 unspecified atom stereocenters. The van der Waals surface area contributed by atoms with Crippen LogP contribution in [0.5, 0.6) is 0 Å². The fraction of sp³-hybridized carbons (Fsp3) is 0.360. The van der Waals surface area contributed by atoms with Crippen LogP contribution in [-0.2, 0) is 5.41 Å². The van der Waals surface area contributed by atoms with Gasteiger partial charge in [-0.1, -0.05) is 57.0 Å². The van der Waals surface area contributed by atoms with Crippen molar-refractivity contribution in [3.63, 3.8) is 0 Å². The molecule has 0 atom stereocenters. The van der Waals surface area contributed by atoms with Gasteiger partial charge >= 0.3 is 0 Å². The van der Waals surface area contributed by atoms with Gasteiger partial charge in [0.1, 0.15) is 5.82 Å². The smallest absolute Gasteiger partial charge is 0.256 e. The summed E-state index contributed by atoms with van der Waals surface area (Å²) in [5, 5.41) is 0.664. The molecule has 2 heterocycles. The lowest BCUT2D eigenvalue weighted by Crippen LogP contribution is -2.46. The van der Waals surface area contributed by atoms with Gasteiger partial charge in [0.05, 0.1) is 11.1 Å². The molecule has 0 saturated carbocycles. The van der Waals surface area contributed by atoms with Gasteiger partial charge in [0.15, 0.2) is 0 Å². The first kappa shape index (κ1) is 21.8. The van der Waals surface area contributed by atoms with Crippen molar-refractivity contribution >= 4 is 28.8 Å². The zero-order valence-electron chi connectivity index (χ0n) is 18.5. The fourth-order valence-electron chi connectivity index (χ4n) is 4.02. The fourth-order valence-corrected chi connectivity index (χ4v) is 4.55. The monoisotopic (exact) mass is 437 g/mol. The zero-order chi connectivity index (χ0) is 22.2. The summed E-state index contributed by atoms with van der Waals surface area (Å²) >= 11 is 1.70. The van der Waals surface area contributed by atoms with Crippen molar-refractivity contribution in [2.24, 2.45) is 0 Å². The van der Waals surface area contributed by atoms with Crippen LogP contribution in [0.2, 0.25) is 0 Å². The summed E-state index contributed by atoms with van der Waals surface area (Å²) in [6, 6.07) is 12.8. The molecule has 1 aromatic heterocycles. The Morgan fingerprint density at radius 1 is 1.03 bits per heavy atom. The van der Waals surface area contributed by atoms with Crippen LogP contribution in [0.3, 0.4) is 0 Å². The van der Waals surface area contributed by atoms with Crippen LogP contribution in [0.25, 0.3) is 22.0 Å². The molecule has 1 aliphatic rings. The molecule has 1 aliphatic heterocycles. The summed E-state index contributed by atoms with van der Waals surface area (Å²) < 4.78 is 16.4. The van der Waals surface area contributed by atoms with E-state index in [9.17, 15) is 9.18 Å². The van der Waals surface area contributed by atoms with E-state index in [-0.39, 0.29) is 17.1 Å². The van der Waals surface area contributed by atoms with Crippen LogP contribution in [0.15, 0.2) is 48.7 Å². The number of amides is 1. The summed E-state index contributed by atoms with van der Waals surface area (Å²) in [7, 11) is 0. The first-order chi connectivity index (χ1) is 14.8. The van der Waals surface area contributed by atoms with Crippen LogP contribution in [0, 0.1) is 5.82 Å². The van der Waals surface area contributed by atoms with Gasteiger partial charge in [0, 0.05) is 43.3 Å². The number of fused-ring (bicyclic) bond motifs is 1. The van der Waals surface area contributed by atoms with Crippen molar-refractivity contribution in [2.75, 3.05) is 32.4 Å². The molecule has 6 heteroatoms. The normalized spacial score (nSPS) is 15.5. The second kappa shape index (κ2) is 8.60. The minimum Gasteiger partial charge on any atom is -0.336 e. The third-order valence-electron chi connectivity index (χ3n) is 5.88. The highest BCUT2D eigenvalue weighted by Gasteiger charge is 2.26. The Morgan fingerprint density at radius 2 is 1.71 bits per heavy atom. The summed E-state index contributed by atoms with van der Waals surface area (Å²) in [6.45, 7) is 9.51. The maximum atomic E-state index is 14.2. The second-order valence-electron chi connectivity index (χ2n) is 8.94. The van der Waals surface area contributed by atoms with E-state index in [0.717, 1.165) is 24.2 Å². The molecule has 1 saturated heterocycles. The Morgan fingerprint density at radius 3 is 2.32 bits per heavy atom. The molecule has 0 radical (unpaired) electrons. The Bertz CT molecular complexity index is 1100. The number of carbonyl (C=O) groups is 1. The van der Waals surface area contributed by atoms with Crippen molar-refractivity contribution in [2.45, 2.75) is 26.2 Å². The summed E-state index contributed by atoms with van der Waals surface area (Å²) in [5.74, 6) is -0.380. The van der Waals surface area contributed by atoms with E-state index in [1.54, 1.807) is 24.2 Å². The molecule has 1 fully saturated rings.